The van der Waals surface area contributed by atoms with E-state index in [0.29, 0.717) is 17.3 Å². The number of aryl methyl sites for hydroxylation is 2. The number of amides is 1. The standard InChI is InChI=1S/C21H21N5O5/c1-12-8-13(2)23-21(22-12)25-15-7-5-6-14(9-15)24-20(27)16-10-18(30-3)19(31-4)11-17(16)26(28)29/h5-11H,1-4H3,(H,24,27)(H,22,23,25). The first-order chi connectivity index (χ1) is 14.8. The molecule has 10 heteroatoms. The van der Waals surface area contributed by atoms with Crippen LogP contribution in [0.1, 0.15) is 21.7 Å². The molecule has 0 unspecified atom stereocenters. The van der Waals surface area contributed by atoms with E-state index in [9.17, 15) is 14.9 Å². The summed E-state index contributed by atoms with van der Waals surface area (Å²) in [4.78, 5) is 32.3. The van der Waals surface area contributed by atoms with Gasteiger partial charge in [0.2, 0.25) is 5.95 Å². The molecule has 3 rings (SSSR count). The summed E-state index contributed by atoms with van der Waals surface area (Å²) in [5, 5.41) is 17.2. The quantitative estimate of drug-likeness (QED) is 0.431. The van der Waals surface area contributed by atoms with Gasteiger partial charge in [-0.1, -0.05) is 6.07 Å². The minimum Gasteiger partial charge on any atom is -0.493 e. The molecule has 1 amide bonds. The summed E-state index contributed by atoms with van der Waals surface area (Å²) in [6, 6.07) is 11.1. The summed E-state index contributed by atoms with van der Waals surface area (Å²) >= 11 is 0. The molecule has 0 bridgehead atoms. The maximum Gasteiger partial charge on any atom is 0.286 e. The number of ether oxygens (including phenoxy) is 2. The molecule has 31 heavy (non-hydrogen) atoms. The smallest absolute Gasteiger partial charge is 0.286 e. The monoisotopic (exact) mass is 423 g/mol. The third-order valence-electron chi connectivity index (χ3n) is 4.30. The zero-order valence-electron chi connectivity index (χ0n) is 17.4. The van der Waals surface area contributed by atoms with Gasteiger partial charge in [0.05, 0.1) is 25.2 Å². The lowest BCUT2D eigenvalue weighted by atomic mass is 10.1. The van der Waals surface area contributed by atoms with Gasteiger partial charge in [-0.05, 0) is 38.1 Å². The van der Waals surface area contributed by atoms with Crippen molar-refractivity contribution in [3.05, 3.63) is 69.5 Å². The van der Waals surface area contributed by atoms with Crippen molar-refractivity contribution < 1.29 is 19.2 Å². The number of nitrogens with zero attached hydrogens (tertiary/aromatic N) is 3. The van der Waals surface area contributed by atoms with E-state index in [1.165, 1.54) is 20.3 Å². The van der Waals surface area contributed by atoms with Gasteiger partial charge < -0.3 is 20.1 Å². The average Bonchev–Trinajstić information content (AvgIpc) is 2.72. The highest BCUT2D eigenvalue weighted by molar-refractivity contribution is 6.07. The summed E-state index contributed by atoms with van der Waals surface area (Å²) in [5.74, 6) is 0.134. The largest absolute Gasteiger partial charge is 0.493 e. The molecule has 2 aromatic carbocycles. The van der Waals surface area contributed by atoms with Gasteiger partial charge in [0.25, 0.3) is 11.6 Å². The van der Waals surface area contributed by atoms with Crippen LogP contribution < -0.4 is 20.1 Å². The Labute approximate surface area is 178 Å². The zero-order chi connectivity index (χ0) is 22.5. The normalized spacial score (nSPS) is 10.3. The first-order valence-electron chi connectivity index (χ1n) is 9.22. The Balaban J connectivity index is 1.87. The molecular formula is C21H21N5O5. The molecule has 0 atom stereocenters. The molecule has 0 aliphatic heterocycles. The Hall–Kier alpha value is -4.21. The Morgan fingerprint density at radius 1 is 0.968 bits per heavy atom. The van der Waals surface area contributed by atoms with Gasteiger partial charge in [-0.15, -0.1) is 0 Å². The number of anilines is 3. The Morgan fingerprint density at radius 3 is 2.19 bits per heavy atom. The van der Waals surface area contributed by atoms with Crippen LogP contribution in [-0.2, 0) is 0 Å². The minimum atomic E-state index is -0.660. The fourth-order valence-electron chi connectivity index (χ4n) is 2.99. The van der Waals surface area contributed by atoms with Crippen molar-refractivity contribution in [3.8, 4) is 11.5 Å². The molecule has 1 aromatic heterocycles. The van der Waals surface area contributed by atoms with Crippen molar-refractivity contribution in [3.63, 3.8) is 0 Å². The van der Waals surface area contributed by atoms with E-state index in [0.717, 1.165) is 17.5 Å². The van der Waals surface area contributed by atoms with Gasteiger partial charge in [0.1, 0.15) is 5.56 Å². The number of methoxy groups -OCH3 is 2. The third kappa shape index (κ3) is 5.04. The number of hydrogen-bond donors (Lipinski definition) is 2. The van der Waals surface area contributed by atoms with Crippen molar-refractivity contribution in [2.24, 2.45) is 0 Å². The van der Waals surface area contributed by atoms with Crippen LogP contribution in [0.3, 0.4) is 0 Å². The van der Waals surface area contributed by atoms with E-state index >= 15 is 0 Å². The number of nitro benzene ring substituents is 1. The van der Waals surface area contributed by atoms with Crippen molar-refractivity contribution in [1.82, 2.24) is 9.97 Å². The third-order valence-corrected chi connectivity index (χ3v) is 4.30. The Kier molecular flexibility index (Phi) is 6.29. The van der Waals surface area contributed by atoms with Gasteiger partial charge in [0.15, 0.2) is 11.5 Å². The Morgan fingerprint density at radius 2 is 1.58 bits per heavy atom. The molecule has 2 N–H and O–H groups in total. The van der Waals surface area contributed by atoms with Gasteiger partial charge in [-0.3, -0.25) is 14.9 Å². The molecule has 0 radical (unpaired) electrons. The van der Waals surface area contributed by atoms with E-state index in [-0.39, 0.29) is 17.1 Å². The fourth-order valence-corrected chi connectivity index (χ4v) is 2.99. The molecule has 3 aromatic rings. The van der Waals surface area contributed by atoms with Gasteiger partial charge in [-0.2, -0.15) is 0 Å². The number of hydrogen-bond acceptors (Lipinski definition) is 8. The first kappa shape index (κ1) is 21.5. The molecule has 0 aliphatic carbocycles. The van der Waals surface area contributed by atoms with Crippen LogP contribution in [0, 0.1) is 24.0 Å². The molecule has 1 heterocycles. The number of rotatable bonds is 7. The van der Waals surface area contributed by atoms with E-state index < -0.39 is 16.5 Å². The minimum absolute atomic E-state index is 0.154. The highest BCUT2D eigenvalue weighted by Crippen LogP contribution is 2.35. The lowest BCUT2D eigenvalue weighted by Gasteiger charge is -2.12. The van der Waals surface area contributed by atoms with Crippen LogP contribution in [0.2, 0.25) is 0 Å². The topological polar surface area (TPSA) is 129 Å². The molecule has 10 nitrogen and oxygen atoms in total. The number of nitro groups is 1. The van der Waals surface area contributed by atoms with Crippen LogP contribution in [-0.4, -0.2) is 35.0 Å². The zero-order valence-corrected chi connectivity index (χ0v) is 17.4. The maximum atomic E-state index is 12.8. The van der Waals surface area contributed by atoms with Crippen molar-refractivity contribution >= 4 is 28.9 Å². The summed E-state index contributed by atoms with van der Waals surface area (Å²) in [6.07, 6.45) is 0. The van der Waals surface area contributed by atoms with Gasteiger partial charge in [0, 0.05) is 28.8 Å². The van der Waals surface area contributed by atoms with Crippen molar-refractivity contribution in [1.29, 1.82) is 0 Å². The molecular weight excluding hydrogens is 402 g/mol. The molecule has 0 spiro atoms. The maximum absolute atomic E-state index is 12.8. The summed E-state index contributed by atoms with van der Waals surface area (Å²) in [6.45, 7) is 3.74. The van der Waals surface area contributed by atoms with Crippen LogP contribution in [0.4, 0.5) is 23.0 Å². The van der Waals surface area contributed by atoms with E-state index in [4.69, 9.17) is 9.47 Å². The Bertz CT molecular complexity index is 1130. The van der Waals surface area contributed by atoms with Crippen LogP contribution in [0.5, 0.6) is 11.5 Å². The highest BCUT2D eigenvalue weighted by Gasteiger charge is 2.24. The predicted molar refractivity (Wildman–Crippen MR) is 115 cm³/mol. The summed E-state index contributed by atoms with van der Waals surface area (Å²) < 4.78 is 10.3. The van der Waals surface area contributed by atoms with Crippen molar-refractivity contribution in [2.45, 2.75) is 13.8 Å². The average molecular weight is 423 g/mol. The van der Waals surface area contributed by atoms with Crippen LogP contribution in [0.15, 0.2) is 42.5 Å². The number of carbonyl (C=O) groups is 1. The fraction of sp³-hybridized carbons (Fsp3) is 0.190. The second kappa shape index (κ2) is 9.08. The van der Waals surface area contributed by atoms with Crippen LogP contribution >= 0.6 is 0 Å². The lowest BCUT2D eigenvalue weighted by Crippen LogP contribution is -2.14. The molecule has 0 fully saturated rings. The summed E-state index contributed by atoms with van der Waals surface area (Å²) in [5.41, 5.74) is 2.17. The molecule has 0 saturated carbocycles. The SMILES string of the molecule is COc1cc(C(=O)Nc2cccc(Nc3nc(C)cc(C)n3)c2)c([N+](=O)[O-])cc1OC. The molecule has 160 valence electrons. The number of benzene rings is 2. The molecule has 0 aliphatic rings. The summed E-state index contributed by atoms with van der Waals surface area (Å²) in [7, 11) is 2.74. The first-order valence-corrected chi connectivity index (χ1v) is 9.22. The lowest BCUT2D eigenvalue weighted by molar-refractivity contribution is -0.385. The number of nitrogens with one attached hydrogen (secondary N) is 2. The van der Waals surface area contributed by atoms with Crippen molar-refractivity contribution in [2.75, 3.05) is 24.9 Å². The number of aromatic nitrogens is 2. The van der Waals surface area contributed by atoms with E-state index in [1.54, 1.807) is 24.3 Å². The number of carbonyl (C=O) groups excluding carboxylic acids is 1. The molecule has 0 saturated heterocycles. The second-order valence-corrected chi connectivity index (χ2v) is 6.62. The van der Waals surface area contributed by atoms with E-state index in [1.807, 2.05) is 19.9 Å². The van der Waals surface area contributed by atoms with Gasteiger partial charge in [-0.25, -0.2) is 9.97 Å². The van der Waals surface area contributed by atoms with Crippen LogP contribution in [0.25, 0.3) is 0 Å². The second-order valence-electron chi connectivity index (χ2n) is 6.62. The highest BCUT2D eigenvalue weighted by atomic mass is 16.6. The van der Waals surface area contributed by atoms with Gasteiger partial charge >= 0.3 is 0 Å². The predicted octanol–water partition coefficient (Wildman–Crippen LogP) is 4.01. The van der Waals surface area contributed by atoms with E-state index in [2.05, 4.69) is 20.6 Å².